The zero-order valence-corrected chi connectivity index (χ0v) is 26.2. The van der Waals surface area contributed by atoms with Crippen molar-refractivity contribution in [1.29, 1.82) is 0 Å². The molecule has 0 amide bonds. The van der Waals surface area contributed by atoms with Gasteiger partial charge in [-0.1, -0.05) is 142 Å². The van der Waals surface area contributed by atoms with Gasteiger partial charge in [0, 0.05) is 18.8 Å². The first-order chi connectivity index (χ1) is 18.1. The van der Waals surface area contributed by atoms with Crippen LogP contribution in [0.4, 0.5) is 0 Å². The predicted octanol–water partition coefficient (Wildman–Crippen LogP) is 7.98. The van der Waals surface area contributed by atoms with Crippen LogP contribution in [0, 0.1) is 5.92 Å². The van der Waals surface area contributed by atoms with E-state index in [9.17, 15) is 14.7 Å². The lowest BCUT2D eigenvalue weighted by Gasteiger charge is -2.29. The van der Waals surface area contributed by atoms with E-state index in [0.29, 0.717) is 17.4 Å². The topological polar surface area (TPSA) is 66.4 Å². The Hall–Kier alpha value is -1.10. The molecule has 0 N–H and O–H groups in total. The number of ether oxygens (including phenoxy) is 1. The first-order valence-corrected chi connectivity index (χ1v) is 16.3. The third-order valence-electron chi connectivity index (χ3n) is 7.57. The van der Waals surface area contributed by atoms with Crippen LogP contribution in [0.15, 0.2) is 0 Å². The standard InChI is InChI=1S/C33H65NO4/c1-6-7-8-9-10-11-13-16-19-22-25-30(2)26-23-20-17-14-12-15-18-21-24-27-33(37)38-31(28-32(35)36)29-34(3,4)5/h30-31H,6-29H2,1-5H3. The molecular weight excluding hydrogens is 474 g/mol. The van der Waals surface area contributed by atoms with E-state index >= 15 is 0 Å². The van der Waals surface area contributed by atoms with Gasteiger partial charge in [0.2, 0.25) is 0 Å². The monoisotopic (exact) mass is 539 g/mol. The summed E-state index contributed by atoms with van der Waals surface area (Å²) in [5.41, 5.74) is 0. The summed E-state index contributed by atoms with van der Waals surface area (Å²) < 4.78 is 5.96. The minimum absolute atomic E-state index is 0.237. The van der Waals surface area contributed by atoms with E-state index in [4.69, 9.17) is 4.74 Å². The highest BCUT2D eigenvalue weighted by molar-refractivity contribution is 5.70. The van der Waals surface area contributed by atoms with Gasteiger partial charge in [0.1, 0.15) is 6.54 Å². The Bertz CT molecular complexity index is 558. The number of carboxylic acid groups (broad SMARTS) is 1. The molecule has 5 nitrogen and oxygen atoms in total. The number of hydrogen-bond donors (Lipinski definition) is 0. The van der Waals surface area contributed by atoms with Crippen LogP contribution >= 0.6 is 0 Å². The van der Waals surface area contributed by atoms with Crippen LogP contribution < -0.4 is 5.11 Å². The van der Waals surface area contributed by atoms with Crippen LogP contribution in [0.1, 0.15) is 162 Å². The van der Waals surface area contributed by atoms with Crippen molar-refractivity contribution >= 4 is 11.9 Å². The second-order valence-corrected chi connectivity index (χ2v) is 13.0. The van der Waals surface area contributed by atoms with Crippen molar-refractivity contribution in [2.75, 3.05) is 27.7 Å². The van der Waals surface area contributed by atoms with Crippen LogP contribution in [-0.4, -0.2) is 50.2 Å². The van der Waals surface area contributed by atoms with Crippen LogP contribution in [0.25, 0.3) is 0 Å². The maximum atomic E-state index is 12.1. The summed E-state index contributed by atoms with van der Waals surface area (Å²) in [5, 5.41) is 10.9. The van der Waals surface area contributed by atoms with Crippen LogP contribution in [0.5, 0.6) is 0 Å². The highest BCUT2D eigenvalue weighted by atomic mass is 16.5. The lowest BCUT2D eigenvalue weighted by Crippen LogP contribution is -2.45. The number of carbonyl (C=O) groups excluding carboxylic acids is 2. The second kappa shape index (κ2) is 24.9. The molecule has 0 radical (unpaired) electrons. The van der Waals surface area contributed by atoms with Gasteiger partial charge in [-0.3, -0.25) is 4.79 Å². The van der Waals surface area contributed by atoms with Gasteiger partial charge >= 0.3 is 5.97 Å². The van der Waals surface area contributed by atoms with Gasteiger partial charge in [-0.25, -0.2) is 0 Å². The van der Waals surface area contributed by atoms with Crippen LogP contribution in [0.2, 0.25) is 0 Å². The SMILES string of the molecule is CCCCCCCCCCCCC(C)CCCCCCCCCCCC(=O)OC(CC(=O)[O-])C[N+](C)(C)C. The van der Waals surface area contributed by atoms with E-state index in [1.165, 1.54) is 116 Å². The van der Waals surface area contributed by atoms with Gasteiger partial charge < -0.3 is 19.1 Å². The fourth-order valence-corrected chi connectivity index (χ4v) is 5.31. The lowest BCUT2D eigenvalue weighted by atomic mass is 9.95. The summed E-state index contributed by atoms with van der Waals surface area (Å²) in [5.74, 6) is -0.568. The molecule has 2 unspecified atom stereocenters. The Balaban J connectivity index is 3.50. The van der Waals surface area contributed by atoms with E-state index in [1.807, 2.05) is 21.1 Å². The normalized spacial score (nSPS) is 13.4. The molecule has 5 heteroatoms. The maximum absolute atomic E-state index is 12.1. The van der Waals surface area contributed by atoms with Crippen molar-refractivity contribution in [2.45, 2.75) is 168 Å². The van der Waals surface area contributed by atoms with Gasteiger partial charge in [-0.15, -0.1) is 0 Å². The summed E-state index contributed by atoms with van der Waals surface area (Å²) >= 11 is 0. The van der Waals surface area contributed by atoms with Crippen molar-refractivity contribution in [3.05, 3.63) is 0 Å². The average molecular weight is 540 g/mol. The summed E-state index contributed by atoms with van der Waals surface area (Å²) in [6, 6.07) is 0. The molecule has 0 aromatic rings. The third kappa shape index (κ3) is 27.9. The molecular formula is C33H65NO4. The first kappa shape index (κ1) is 36.9. The summed E-state index contributed by atoms with van der Waals surface area (Å²) in [6.45, 7) is 5.20. The third-order valence-corrected chi connectivity index (χ3v) is 7.57. The molecule has 0 fully saturated rings. The highest BCUT2D eigenvalue weighted by Gasteiger charge is 2.22. The minimum Gasteiger partial charge on any atom is -0.550 e. The molecule has 0 aromatic carbocycles. The molecule has 0 aliphatic carbocycles. The summed E-state index contributed by atoms with van der Waals surface area (Å²) in [7, 11) is 5.86. The van der Waals surface area contributed by atoms with Crippen molar-refractivity contribution in [2.24, 2.45) is 5.92 Å². The molecule has 0 saturated carbocycles. The molecule has 0 spiro atoms. The molecule has 0 aliphatic rings. The van der Waals surface area contributed by atoms with Gasteiger partial charge in [-0.05, 0) is 12.3 Å². The Kier molecular flexibility index (Phi) is 24.2. The number of nitrogens with zero attached hydrogens (tertiary/aromatic N) is 1. The molecule has 0 bridgehead atoms. The van der Waals surface area contributed by atoms with E-state index in [0.717, 1.165) is 25.2 Å². The van der Waals surface area contributed by atoms with Crippen molar-refractivity contribution in [3.63, 3.8) is 0 Å². The molecule has 0 saturated heterocycles. The number of hydrogen-bond acceptors (Lipinski definition) is 4. The van der Waals surface area contributed by atoms with Crippen LogP contribution in [-0.2, 0) is 14.3 Å². The van der Waals surface area contributed by atoms with Gasteiger partial charge in [0.15, 0.2) is 6.10 Å². The quantitative estimate of drug-likeness (QED) is 0.0574. The van der Waals surface area contributed by atoms with E-state index in [2.05, 4.69) is 13.8 Å². The maximum Gasteiger partial charge on any atom is 0.306 e. The minimum atomic E-state index is -1.17. The molecule has 0 heterocycles. The molecule has 0 rings (SSSR count). The number of carboxylic acids is 1. The zero-order chi connectivity index (χ0) is 28.5. The zero-order valence-electron chi connectivity index (χ0n) is 26.2. The fourth-order valence-electron chi connectivity index (χ4n) is 5.31. The van der Waals surface area contributed by atoms with Crippen molar-refractivity contribution < 1.29 is 23.9 Å². The Morgan fingerprint density at radius 3 is 1.45 bits per heavy atom. The highest BCUT2D eigenvalue weighted by Crippen LogP contribution is 2.19. The number of aliphatic carboxylic acids is 1. The molecule has 226 valence electrons. The Labute approximate surface area is 237 Å². The Morgan fingerprint density at radius 2 is 1.05 bits per heavy atom. The van der Waals surface area contributed by atoms with E-state index < -0.39 is 12.1 Å². The first-order valence-electron chi connectivity index (χ1n) is 16.3. The Morgan fingerprint density at radius 1 is 0.658 bits per heavy atom. The number of unbranched alkanes of at least 4 members (excludes halogenated alkanes) is 17. The van der Waals surface area contributed by atoms with Crippen molar-refractivity contribution in [3.8, 4) is 0 Å². The van der Waals surface area contributed by atoms with Gasteiger partial charge in [-0.2, -0.15) is 0 Å². The molecule has 0 aromatic heterocycles. The molecule has 0 aliphatic heterocycles. The largest absolute Gasteiger partial charge is 0.550 e. The smallest absolute Gasteiger partial charge is 0.306 e. The summed E-state index contributed by atoms with van der Waals surface area (Å²) in [6.07, 6.45) is 27.5. The van der Waals surface area contributed by atoms with Gasteiger partial charge in [0.25, 0.3) is 0 Å². The predicted molar refractivity (Wildman–Crippen MR) is 159 cm³/mol. The fraction of sp³-hybridized carbons (Fsp3) is 0.939. The van der Waals surface area contributed by atoms with Gasteiger partial charge in [0.05, 0.1) is 21.1 Å². The average Bonchev–Trinajstić information content (AvgIpc) is 2.82. The number of esters is 1. The number of quaternary nitrogens is 1. The second-order valence-electron chi connectivity index (χ2n) is 13.0. The lowest BCUT2D eigenvalue weighted by molar-refractivity contribution is -0.873. The van der Waals surface area contributed by atoms with E-state index in [1.54, 1.807) is 0 Å². The number of rotatable bonds is 28. The van der Waals surface area contributed by atoms with Crippen LogP contribution in [0.3, 0.4) is 0 Å². The van der Waals surface area contributed by atoms with Crippen molar-refractivity contribution in [1.82, 2.24) is 0 Å². The molecule has 38 heavy (non-hydrogen) atoms. The molecule has 2 atom stereocenters. The number of likely N-dealkylation sites (N-methyl/N-ethyl adjacent to an activating group) is 1. The number of carbonyl (C=O) groups is 2. The summed E-state index contributed by atoms with van der Waals surface area (Å²) in [4.78, 5) is 23.1. The van der Waals surface area contributed by atoms with E-state index in [-0.39, 0.29) is 12.4 Å².